The first kappa shape index (κ1) is 15.6. The molecule has 0 saturated carbocycles. The topological polar surface area (TPSA) is 37.8 Å². The Balaban J connectivity index is 1.94. The maximum absolute atomic E-state index is 4.89. The van der Waals surface area contributed by atoms with E-state index in [1.54, 1.807) is 11.3 Å². The smallest absolute Gasteiger partial charge is 0.143 e. The molecule has 2 aromatic heterocycles. The van der Waals surface area contributed by atoms with Crippen LogP contribution in [0.15, 0.2) is 21.2 Å². The molecule has 0 fully saturated rings. The third-order valence-electron chi connectivity index (χ3n) is 3.61. The van der Waals surface area contributed by atoms with Crippen molar-refractivity contribution in [1.29, 1.82) is 0 Å². The summed E-state index contributed by atoms with van der Waals surface area (Å²) in [6, 6.07) is 2.43. The number of rotatable bonds is 4. The summed E-state index contributed by atoms with van der Waals surface area (Å²) >= 11 is 8.82. The summed E-state index contributed by atoms with van der Waals surface area (Å²) in [5, 5.41) is 4.64. The van der Waals surface area contributed by atoms with Crippen LogP contribution in [0.25, 0.3) is 10.7 Å². The van der Waals surface area contributed by atoms with E-state index in [9.17, 15) is 0 Å². The Bertz CT molecular complexity index is 642. The first-order valence-corrected chi connectivity index (χ1v) is 9.63. The van der Waals surface area contributed by atoms with Crippen molar-refractivity contribution in [1.82, 2.24) is 15.3 Å². The van der Waals surface area contributed by atoms with Crippen molar-refractivity contribution in [2.24, 2.45) is 0 Å². The lowest BCUT2D eigenvalue weighted by Crippen LogP contribution is -2.25. The highest BCUT2D eigenvalue weighted by Crippen LogP contribution is 2.38. The van der Waals surface area contributed by atoms with Gasteiger partial charge in [-0.1, -0.05) is 6.92 Å². The Morgan fingerprint density at radius 2 is 2.29 bits per heavy atom. The Labute approximate surface area is 145 Å². The van der Waals surface area contributed by atoms with E-state index in [4.69, 9.17) is 4.98 Å². The number of pyridine rings is 1. The Hall–Kier alpha value is -0.300. The molecular weight excluding hydrogens is 414 g/mol. The van der Waals surface area contributed by atoms with Crippen LogP contribution in [-0.2, 0) is 6.42 Å². The van der Waals surface area contributed by atoms with Gasteiger partial charge in [0.05, 0.1) is 11.7 Å². The molecule has 0 amide bonds. The first-order valence-electron chi connectivity index (χ1n) is 7.23. The highest BCUT2D eigenvalue weighted by molar-refractivity contribution is 9.11. The summed E-state index contributed by atoms with van der Waals surface area (Å²) in [4.78, 5) is 10.8. The first-order chi connectivity index (χ1) is 10.2. The van der Waals surface area contributed by atoms with Gasteiger partial charge in [-0.15, -0.1) is 11.3 Å². The number of nitrogens with one attached hydrogen (secondary N) is 1. The zero-order chi connectivity index (χ0) is 14.8. The highest BCUT2D eigenvalue weighted by Gasteiger charge is 2.25. The standard InChI is InChI=1S/C15H17Br2N3S/c1-2-6-18-11-4-3-5-12-14(11)20-15(21-12)13-10(17)7-9(16)8-19-13/h7-8,11,18H,2-6H2,1H3. The van der Waals surface area contributed by atoms with Crippen LogP contribution < -0.4 is 5.32 Å². The zero-order valence-corrected chi connectivity index (χ0v) is 15.8. The minimum atomic E-state index is 0.410. The lowest BCUT2D eigenvalue weighted by atomic mass is 9.97. The molecule has 21 heavy (non-hydrogen) atoms. The van der Waals surface area contributed by atoms with Crippen molar-refractivity contribution in [2.75, 3.05) is 6.54 Å². The fourth-order valence-electron chi connectivity index (χ4n) is 2.61. The number of hydrogen-bond donors (Lipinski definition) is 1. The third kappa shape index (κ3) is 3.38. The number of thiazole rings is 1. The molecule has 0 bridgehead atoms. The second kappa shape index (κ2) is 6.86. The number of halogens is 2. The molecule has 0 radical (unpaired) electrons. The van der Waals surface area contributed by atoms with Crippen LogP contribution in [0.2, 0.25) is 0 Å². The van der Waals surface area contributed by atoms with Crippen LogP contribution in [0.4, 0.5) is 0 Å². The van der Waals surface area contributed by atoms with Gasteiger partial charge in [0.1, 0.15) is 10.7 Å². The van der Waals surface area contributed by atoms with Crippen molar-refractivity contribution in [3.8, 4) is 10.7 Å². The van der Waals surface area contributed by atoms with Gasteiger partial charge < -0.3 is 5.32 Å². The molecule has 1 unspecified atom stereocenters. The van der Waals surface area contributed by atoms with Gasteiger partial charge in [-0.3, -0.25) is 4.98 Å². The second-order valence-electron chi connectivity index (χ2n) is 5.21. The zero-order valence-electron chi connectivity index (χ0n) is 11.8. The van der Waals surface area contributed by atoms with E-state index < -0.39 is 0 Å². The van der Waals surface area contributed by atoms with E-state index in [1.807, 2.05) is 12.3 Å². The number of fused-ring (bicyclic) bond motifs is 1. The van der Waals surface area contributed by atoms with Crippen molar-refractivity contribution in [3.05, 3.63) is 31.8 Å². The van der Waals surface area contributed by atoms with Gasteiger partial charge in [0.25, 0.3) is 0 Å². The van der Waals surface area contributed by atoms with Crippen molar-refractivity contribution in [2.45, 2.75) is 38.6 Å². The fourth-order valence-corrected chi connectivity index (χ4v) is 5.09. The van der Waals surface area contributed by atoms with Gasteiger partial charge in [-0.2, -0.15) is 0 Å². The monoisotopic (exact) mass is 429 g/mol. The van der Waals surface area contributed by atoms with Gasteiger partial charge in [0.15, 0.2) is 0 Å². The second-order valence-corrected chi connectivity index (χ2v) is 8.06. The SMILES string of the molecule is CCCNC1CCCc2sc(-c3ncc(Br)cc3Br)nc21. The average molecular weight is 431 g/mol. The largest absolute Gasteiger partial charge is 0.309 e. The summed E-state index contributed by atoms with van der Waals surface area (Å²) < 4.78 is 1.96. The van der Waals surface area contributed by atoms with Crippen molar-refractivity contribution < 1.29 is 0 Å². The van der Waals surface area contributed by atoms with E-state index in [1.165, 1.54) is 23.4 Å². The van der Waals surface area contributed by atoms with Gasteiger partial charge in [-0.25, -0.2) is 4.98 Å². The maximum Gasteiger partial charge on any atom is 0.143 e. The summed E-state index contributed by atoms with van der Waals surface area (Å²) in [5.41, 5.74) is 2.18. The van der Waals surface area contributed by atoms with E-state index in [2.05, 4.69) is 49.1 Å². The van der Waals surface area contributed by atoms with Gasteiger partial charge in [0.2, 0.25) is 0 Å². The Morgan fingerprint density at radius 3 is 3.05 bits per heavy atom. The summed E-state index contributed by atoms with van der Waals surface area (Å²) in [6.45, 7) is 3.25. The van der Waals surface area contributed by atoms with Crippen LogP contribution in [0, 0.1) is 0 Å². The molecule has 3 rings (SSSR count). The lowest BCUT2D eigenvalue weighted by Gasteiger charge is -2.22. The molecule has 1 N–H and O–H groups in total. The van der Waals surface area contributed by atoms with Gasteiger partial charge in [0, 0.05) is 20.0 Å². The minimum Gasteiger partial charge on any atom is -0.309 e. The Morgan fingerprint density at radius 1 is 1.43 bits per heavy atom. The molecule has 112 valence electrons. The molecule has 3 nitrogen and oxygen atoms in total. The number of nitrogens with zero attached hydrogens (tertiary/aromatic N) is 2. The third-order valence-corrected chi connectivity index (χ3v) is 5.78. The predicted octanol–water partition coefficient (Wildman–Crippen LogP) is 5.11. The van der Waals surface area contributed by atoms with Gasteiger partial charge >= 0.3 is 0 Å². The molecular formula is C15H17Br2N3S. The molecule has 6 heteroatoms. The fraction of sp³-hybridized carbons (Fsp3) is 0.467. The maximum atomic E-state index is 4.89. The Kier molecular flexibility index (Phi) is 5.09. The van der Waals surface area contributed by atoms with Crippen LogP contribution in [0.5, 0.6) is 0 Å². The van der Waals surface area contributed by atoms with Crippen molar-refractivity contribution >= 4 is 43.2 Å². The van der Waals surface area contributed by atoms with E-state index in [-0.39, 0.29) is 0 Å². The molecule has 1 aliphatic rings. The summed E-state index contributed by atoms with van der Waals surface area (Å²) in [7, 11) is 0. The highest BCUT2D eigenvalue weighted by atomic mass is 79.9. The normalized spacial score (nSPS) is 17.8. The van der Waals surface area contributed by atoms with Crippen LogP contribution >= 0.6 is 43.2 Å². The van der Waals surface area contributed by atoms with E-state index >= 15 is 0 Å². The molecule has 1 atom stereocenters. The molecule has 0 spiro atoms. The summed E-state index contributed by atoms with van der Waals surface area (Å²) in [5.74, 6) is 0. The van der Waals surface area contributed by atoms with Gasteiger partial charge in [-0.05, 0) is 70.2 Å². The predicted molar refractivity (Wildman–Crippen MR) is 94.7 cm³/mol. The van der Waals surface area contributed by atoms with Crippen LogP contribution in [0.1, 0.15) is 42.8 Å². The van der Waals surface area contributed by atoms with E-state index in [0.29, 0.717) is 6.04 Å². The van der Waals surface area contributed by atoms with E-state index in [0.717, 1.165) is 39.0 Å². The summed E-state index contributed by atoms with van der Waals surface area (Å²) in [6.07, 6.45) is 6.55. The van der Waals surface area contributed by atoms with Crippen LogP contribution in [0.3, 0.4) is 0 Å². The minimum absolute atomic E-state index is 0.410. The molecule has 2 heterocycles. The number of aromatic nitrogens is 2. The quantitative estimate of drug-likeness (QED) is 0.732. The average Bonchev–Trinajstić information content (AvgIpc) is 2.89. The molecule has 0 aromatic carbocycles. The molecule has 2 aromatic rings. The molecule has 1 aliphatic carbocycles. The van der Waals surface area contributed by atoms with Crippen LogP contribution in [-0.4, -0.2) is 16.5 Å². The molecule has 0 aliphatic heterocycles. The number of aryl methyl sites for hydroxylation is 1. The molecule has 0 saturated heterocycles. The lowest BCUT2D eigenvalue weighted by molar-refractivity contribution is 0.454. The number of hydrogen-bond acceptors (Lipinski definition) is 4. The van der Waals surface area contributed by atoms with Crippen molar-refractivity contribution in [3.63, 3.8) is 0 Å².